The van der Waals surface area contributed by atoms with Crippen molar-refractivity contribution >= 4 is 95.5 Å². The molecule has 6 unspecified atom stereocenters. The molecule has 2 aliphatic heterocycles. The molecule has 15 aromatic rings. The van der Waals surface area contributed by atoms with Crippen LogP contribution in [0.2, 0.25) is 5.02 Å². The molecule has 8 aromatic heterocycles. The van der Waals surface area contributed by atoms with Crippen LogP contribution in [0.15, 0.2) is 246 Å². The van der Waals surface area contributed by atoms with Crippen LogP contribution in [0.5, 0.6) is 0 Å². The molecule has 2 saturated heterocycles. The van der Waals surface area contributed by atoms with Crippen molar-refractivity contribution in [3.05, 3.63) is 323 Å². The van der Waals surface area contributed by atoms with Crippen LogP contribution >= 0.6 is 11.6 Å². The summed E-state index contributed by atoms with van der Waals surface area (Å²) in [5, 5.41) is 2.70. The number of likely N-dealkylation sites (tertiary alicyclic amines) is 1. The van der Waals surface area contributed by atoms with Crippen LogP contribution < -0.4 is 33.9 Å². The number of furan rings is 3. The Balaban J connectivity index is 0.000000137. The Bertz CT molecular complexity index is 6310. The van der Waals surface area contributed by atoms with Crippen LogP contribution in [0.25, 0.3) is 66.2 Å². The zero-order chi connectivity index (χ0) is 81.2. The Morgan fingerprint density at radius 2 is 0.983 bits per heavy atom. The number of carbonyl (C=O) groups excluding carboxylic acids is 3. The molecule has 24 nitrogen and oxygen atoms in total. The highest BCUT2D eigenvalue weighted by Gasteiger charge is 2.42. The number of fused-ring (bicyclic) bond motifs is 9. The van der Waals surface area contributed by atoms with E-state index in [2.05, 4.69) is 16.9 Å². The molecule has 590 valence electrons. The minimum absolute atomic E-state index is 0.105. The van der Waals surface area contributed by atoms with Gasteiger partial charge in [0.15, 0.2) is 0 Å². The van der Waals surface area contributed by atoms with E-state index in [-0.39, 0.29) is 94.7 Å². The van der Waals surface area contributed by atoms with Gasteiger partial charge in [-0.3, -0.25) is 57.3 Å². The molecular formula is C91H90ClN15O9. The predicted molar refractivity (Wildman–Crippen MR) is 450 cm³/mol. The number of likely N-dealkylation sites (N-methyl/N-ethyl adjacent to an activating group) is 1. The van der Waals surface area contributed by atoms with Gasteiger partial charge in [0.1, 0.15) is 56.8 Å². The van der Waals surface area contributed by atoms with E-state index >= 15 is 0 Å². The molecule has 6 atom stereocenters. The maximum atomic E-state index is 14.1. The summed E-state index contributed by atoms with van der Waals surface area (Å²) in [6.45, 7) is 15.0. The molecule has 0 bridgehead atoms. The first-order valence-electron chi connectivity index (χ1n) is 38.9. The minimum Gasteiger partial charge on any atom is -0.448 e. The molecular weight excluding hydrogens is 1480 g/mol. The smallest absolute Gasteiger partial charge is 0.297 e. The summed E-state index contributed by atoms with van der Waals surface area (Å²) in [6, 6.07) is 62.6. The van der Waals surface area contributed by atoms with Gasteiger partial charge in [-0.25, -0.2) is 15.0 Å². The molecule has 25 heteroatoms. The number of piperazine rings is 1. The number of hydrogen-bond donors (Lipinski definition) is 3. The molecule has 0 radical (unpaired) electrons. The average molecular weight is 1570 g/mol. The van der Waals surface area contributed by atoms with Crippen molar-refractivity contribution in [1.82, 2.24) is 58.2 Å². The third-order valence-electron chi connectivity index (χ3n) is 22.0. The molecule has 2 aliphatic rings. The lowest BCUT2D eigenvalue weighted by Gasteiger charge is -2.43. The van der Waals surface area contributed by atoms with E-state index in [0.29, 0.717) is 124 Å². The fraction of sp³-hybridized carbons (Fsp3) is 0.264. The van der Waals surface area contributed by atoms with Crippen molar-refractivity contribution in [3.63, 3.8) is 0 Å². The monoisotopic (exact) mass is 1570 g/mol. The fourth-order valence-electron chi connectivity index (χ4n) is 15.7. The SMILES string of the molecule is Cc1ccc(C(=O)N(CCN)C(c2nc3c(oc4ccc(Cl)cc43)c(=O)n2Cc2ccccc2)C(C)C)cn1.Cc1ccc(C(=O)N2CC(CN)C(C)CC2c2nc3c(oc4ccccc43)c(=O)n2Cc2ccccc2)cn1.Cc1ccc(C(=O)N2CC(N)N(C)CC2c2nc3c(oc4ccccc43)c(=O)n2Cc2ccccc2)cc1. The van der Waals surface area contributed by atoms with E-state index in [1.54, 1.807) is 72.3 Å². The van der Waals surface area contributed by atoms with Crippen molar-refractivity contribution in [1.29, 1.82) is 0 Å². The third-order valence-corrected chi connectivity index (χ3v) is 22.3. The highest BCUT2D eigenvalue weighted by atomic mass is 35.5. The summed E-state index contributed by atoms with van der Waals surface area (Å²) < 4.78 is 22.9. The fourth-order valence-corrected chi connectivity index (χ4v) is 15.9. The highest BCUT2D eigenvalue weighted by molar-refractivity contribution is 6.31. The van der Waals surface area contributed by atoms with Gasteiger partial charge in [0.25, 0.3) is 34.4 Å². The largest absolute Gasteiger partial charge is 0.448 e. The number of carbonyl (C=O) groups is 3. The Kier molecular flexibility index (Phi) is 23.0. The number of rotatable bonds is 17. The highest BCUT2D eigenvalue weighted by Crippen LogP contribution is 2.40. The summed E-state index contributed by atoms with van der Waals surface area (Å²) in [7, 11) is 1.93. The van der Waals surface area contributed by atoms with Crippen LogP contribution in [0.1, 0.15) is 128 Å². The van der Waals surface area contributed by atoms with Crippen LogP contribution in [-0.2, 0) is 19.6 Å². The Morgan fingerprint density at radius 3 is 1.49 bits per heavy atom. The molecule has 0 saturated carbocycles. The van der Waals surface area contributed by atoms with Gasteiger partial charge in [-0.15, -0.1) is 0 Å². The van der Waals surface area contributed by atoms with Crippen LogP contribution in [-0.4, -0.2) is 128 Å². The van der Waals surface area contributed by atoms with Crippen molar-refractivity contribution in [2.75, 3.05) is 46.3 Å². The standard InChI is InChI=1S/C31H31N5O3.C30H30ClN5O3.C30H29N5O3/c1-19-14-25(35(18-23(19)15-32)30(37)22-13-12-20(2)33-16-22)29-34-27-24-10-6-7-11-26(24)39-28(27)31(38)36(29)17-21-8-4-3-5-9-21;1-18(2)26(35(14-13-32)29(37)21-10-9-19(3)33-16-21)28-34-25-23-15-22(31)11-12-24(23)39-27(25)30(38)36(28)17-20-7-5-4-6-8-20;1-19-12-14-21(15-13-19)29(36)34-18-25(31)33(2)17-23(34)28-32-26-22-10-6-7-11-24(22)38-27(26)30(37)35(28)16-20-8-4-3-5-9-20/h3-13,16,19,23,25H,14-15,17-18,32H2,1-2H3;4-12,15-16,18,26H,13-14,17,32H2,1-3H3;3-15,23,25H,16-18,31H2,1-2H3. The first-order chi connectivity index (χ1) is 56.1. The van der Waals surface area contributed by atoms with Gasteiger partial charge in [0, 0.05) is 76.7 Å². The van der Waals surface area contributed by atoms with Crippen LogP contribution in [0.3, 0.4) is 0 Å². The van der Waals surface area contributed by atoms with E-state index in [9.17, 15) is 28.8 Å². The topological polar surface area (TPSA) is 312 Å². The number of para-hydroxylation sites is 2. The Hall–Kier alpha value is -12.6. The number of aromatic nitrogens is 8. The second-order valence-electron chi connectivity index (χ2n) is 30.4. The summed E-state index contributed by atoms with van der Waals surface area (Å²) in [5.41, 5.74) is 28.5. The van der Waals surface area contributed by atoms with E-state index in [1.807, 2.05) is 221 Å². The molecule has 17 rings (SSSR count). The molecule has 116 heavy (non-hydrogen) atoms. The third kappa shape index (κ3) is 15.9. The van der Waals surface area contributed by atoms with Crippen molar-refractivity contribution in [2.24, 2.45) is 35.0 Å². The maximum absolute atomic E-state index is 14.1. The summed E-state index contributed by atoms with van der Waals surface area (Å²) in [4.78, 5) is 115. The normalized spacial score (nSPS) is 16.7. The number of benzene rings is 7. The van der Waals surface area contributed by atoms with E-state index < -0.39 is 18.1 Å². The minimum atomic E-state index is -0.563. The zero-order valence-corrected chi connectivity index (χ0v) is 66.3. The van der Waals surface area contributed by atoms with E-state index in [1.165, 1.54) is 0 Å². The number of aryl methyl sites for hydroxylation is 3. The predicted octanol–water partition coefficient (Wildman–Crippen LogP) is 14.0. The Morgan fingerprint density at radius 1 is 0.526 bits per heavy atom. The van der Waals surface area contributed by atoms with E-state index in [0.717, 1.165) is 44.4 Å². The van der Waals surface area contributed by atoms with Crippen LogP contribution in [0.4, 0.5) is 0 Å². The number of amides is 3. The summed E-state index contributed by atoms with van der Waals surface area (Å²) >= 11 is 6.29. The van der Waals surface area contributed by atoms with E-state index in [4.69, 9.17) is 57.0 Å². The van der Waals surface area contributed by atoms with Crippen molar-refractivity contribution in [2.45, 2.75) is 91.9 Å². The number of piperidine rings is 1. The lowest BCUT2D eigenvalue weighted by molar-refractivity contribution is 0.0296. The lowest BCUT2D eigenvalue weighted by atomic mass is 9.82. The molecule has 3 amide bonds. The quantitative estimate of drug-likeness (QED) is 0.0762. The van der Waals surface area contributed by atoms with Gasteiger partial charge in [0.05, 0.1) is 55.6 Å². The van der Waals surface area contributed by atoms with Crippen molar-refractivity contribution in [3.8, 4) is 0 Å². The van der Waals surface area contributed by atoms with Gasteiger partial charge in [-0.05, 0) is 154 Å². The molecule has 10 heterocycles. The molecule has 7 aromatic carbocycles. The average Bonchev–Trinajstić information content (AvgIpc) is 1.52. The van der Waals surface area contributed by atoms with Gasteiger partial charge in [0.2, 0.25) is 16.7 Å². The second-order valence-corrected chi connectivity index (χ2v) is 30.8. The van der Waals surface area contributed by atoms with Gasteiger partial charge < -0.3 is 45.2 Å². The number of nitrogens with zero attached hydrogens (tertiary/aromatic N) is 12. The summed E-state index contributed by atoms with van der Waals surface area (Å²) in [5.74, 6) is 1.27. The first-order valence-corrected chi connectivity index (χ1v) is 39.3. The van der Waals surface area contributed by atoms with Gasteiger partial charge in [-0.1, -0.05) is 165 Å². The van der Waals surface area contributed by atoms with Crippen molar-refractivity contribution < 1.29 is 27.6 Å². The number of halogens is 1. The molecule has 0 aliphatic carbocycles. The number of pyridine rings is 2. The maximum Gasteiger partial charge on any atom is 0.297 e. The zero-order valence-electron chi connectivity index (χ0n) is 65.5. The number of nitrogens with two attached hydrogens (primary N) is 3. The molecule has 6 N–H and O–H groups in total. The van der Waals surface area contributed by atoms with Gasteiger partial charge >= 0.3 is 0 Å². The Labute approximate surface area is 673 Å². The first kappa shape index (κ1) is 78.7. The lowest BCUT2D eigenvalue weighted by Crippen LogP contribution is -2.59. The van der Waals surface area contributed by atoms with Crippen LogP contribution in [0, 0.1) is 38.5 Å². The van der Waals surface area contributed by atoms with Gasteiger partial charge in [-0.2, -0.15) is 0 Å². The molecule has 0 spiro atoms. The second kappa shape index (κ2) is 33.8. The number of hydrogen-bond acceptors (Lipinski definition) is 18. The molecule has 2 fully saturated rings. The summed E-state index contributed by atoms with van der Waals surface area (Å²) in [6.07, 6.45) is 3.47.